The van der Waals surface area contributed by atoms with Gasteiger partial charge in [0.05, 0.1) is 17.5 Å². The van der Waals surface area contributed by atoms with Crippen molar-refractivity contribution in [3.63, 3.8) is 0 Å². The van der Waals surface area contributed by atoms with Gasteiger partial charge in [-0.15, -0.1) is 5.10 Å². The summed E-state index contributed by atoms with van der Waals surface area (Å²) >= 11 is 0. The topological polar surface area (TPSA) is 114 Å². The summed E-state index contributed by atoms with van der Waals surface area (Å²) in [6.45, 7) is 12.3. The van der Waals surface area contributed by atoms with E-state index in [2.05, 4.69) is 53.1 Å². The summed E-state index contributed by atoms with van der Waals surface area (Å²) in [5.74, 6) is 1.56. The first-order valence-corrected chi connectivity index (χ1v) is 10.9. The molecule has 2 heterocycles. The molecule has 3 rings (SSSR count). The lowest BCUT2D eigenvalue weighted by Crippen LogP contribution is -2.23. The summed E-state index contributed by atoms with van der Waals surface area (Å²) in [7, 11) is 0. The number of aliphatic hydroxyl groups is 1. The molecule has 1 aromatic carbocycles. The Bertz CT molecular complexity index is 1040. The van der Waals surface area contributed by atoms with Crippen LogP contribution in [0, 0.1) is 0 Å². The molecule has 2 aliphatic heterocycles. The number of hydrogen-bond acceptors (Lipinski definition) is 8. The van der Waals surface area contributed by atoms with Gasteiger partial charge in [0.1, 0.15) is 5.75 Å². The first-order valence-electron chi connectivity index (χ1n) is 10.9. The third-order valence-corrected chi connectivity index (χ3v) is 4.87. The van der Waals surface area contributed by atoms with E-state index in [-0.39, 0.29) is 17.9 Å². The number of aromatic nitrogens is 4. The SMILES string of the molecule is CC(=O)Oc1cccc(CNc2nc(NCC(C)O)n(C(C)C)c3c(C(C)C)nnc2-3)c1. The Labute approximate surface area is 188 Å². The monoisotopic (exact) mass is 440 g/mol. The minimum atomic E-state index is -0.519. The predicted octanol–water partition coefficient (Wildman–Crippen LogP) is 3.81. The van der Waals surface area contributed by atoms with Crippen LogP contribution >= 0.6 is 0 Å². The van der Waals surface area contributed by atoms with Crippen molar-refractivity contribution < 1.29 is 14.6 Å². The van der Waals surface area contributed by atoms with Crippen molar-refractivity contribution in [1.29, 1.82) is 0 Å². The molecule has 0 amide bonds. The number of carbonyl (C=O) groups is 1. The molecule has 0 saturated heterocycles. The summed E-state index contributed by atoms with van der Waals surface area (Å²) < 4.78 is 7.26. The fraction of sp³-hybridized carbons (Fsp3) is 0.478. The predicted molar refractivity (Wildman–Crippen MR) is 124 cm³/mol. The van der Waals surface area contributed by atoms with Gasteiger partial charge in [0.2, 0.25) is 5.95 Å². The number of hydrogen-bond donors (Lipinski definition) is 3. The van der Waals surface area contributed by atoms with Crippen molar-refractivity contribution in [3.8, 4) is 17.1 Å². The van der Waals surface area contributed by atoms with Crippen LogP contribution in [0.1, 0.15) is 64.8 Å². The molecule has 1 atom stereocenters. The van der Waals surface area contributed by atoms with Gasteiger partial charge in [-0.25, -0.2) is 0 Å². The average molecular weight is 441 g/mol. The van der Waals surface area contributed by atoms with Crippen LogP contribution in [0.3, 0.4) is 0 Å². The zero-order valence-corrected chi connectivity index (χ0v) is 19.5. The van der Waals surface area contributed by atoms with Crippen LogP contribution in [0.2, 0.25) is 0 Å². The van der Waals surface area contributed by atoms with E-state index in [9.17, 15) is 9.90 Å². The molecule has 2 aliphatic rings. The fourth-order valence-electron chi connectivity index (χ4n) is 3.48. The molecular weight excluding hydrogens is 408 g/mol. The number of carbonyl (C=O) groups excluding carboxylic acids is 1. The quantitative estimate of drug-likeness (QED) is 0.340. The molecule has 0 spiro atoms. The Kier molecular flexibility index (Phi) is 7.29. The molecular formula is C23H32N6O3. The average Bonchev–Trinajstić information content (AvgIpc) is 3.15. The van der Waals surface area contributed by atoms with Crippen molar-refractivity contribution in [3.05, 3.63) is 35.5 Å². The van der Waals surface area contributed by atoms with Crippen LogP contribution in [0.5, 0.6) is 5.75 Å². The molecule has 1 unspecified atom stereocenters. The van der Waals surface area contributed by atoms with Gasteiger partial charge < -0.3 is 25.0 Å². The number of anilines is 2. The molecule has 0 aliphatic carbocycles. The number of aliphatic hydroxyl groups excluding tert-OH is 1. The Morgan fingerprint density at radius 2 is 1.91 bits per heavy atom. The van der Waals surface area contributed by atoms with Gasteiger partial charge >= 0.3 is 5.97 Å². The van der Waals surface area contributed by atoms with Crippen molar-refractivity contribution in [2.45, 2.75) is 66.2 Å². The third-order valence-electron chi connectivity index (χ3n) is 4.87. The van der Waals surface area contributed by atoms with Gasteiger partial charge in [-0.1, -0.05) is 26.0 Å². The lowest BCUT2D eigenvalue weighted by molar-refractivity contribution is -0.131. The number of nitrogens with zero attached hydrogens (tertiary/aromatic N) is 4. The maximum atomic E-state index is 11.3. The molecule has 0 saturated carbocycles. The first kappa shape index (κ1) is 23.5. The number of rotatable bonds is 9. The number of esters is 1. The molecule has 0 aromatic heterocycles. The highest BCUT2D eigenvalue weighted by molar-refractivity contribution is 5.75. The van der Waals surface area contributed by atoms with Crippen LogP contribution in [0.25, 0.3) is 11.4 Å². The van der Waals surface area contributed by atoms with Crippen molar-refractivity contribution in [2.75, 3.05) is 17.2 Å². The van der Waals surface area contributed by atoms with E-state index in [0.29, 0.717) is 36.3 Å². The Balaban J connectivity index is 2.00. The molecule has 32 heavy (non-hydrogen) atoms. The zero-order valence-electron chi connectivity index (χ0n) is 19.5. The second kappa shape index (κ2) is 9.95. The van der Waals surface area contributed by atoms with Crippen LogP contribution in [0.4, 0.5) is 11.8 Å². The second-order valence-electron chi connectivity index (χ2n) is 8.51. The van der Waals surface area contributed by atoms with E-state index in [4.69, 9.17) is 9.72 Å². The standard InChI is InChI=1S/C23H32N6O3/c1-13(2)19-21-20(28-27-19)22(26-23(25-11-15(5)30)29(21)14(3)4)24-12-17-8-7-9-18(10-17)32-16(6)31/h7-10,13-15,24,30H,11-12H2,1-6H3,(H,25,26). The number of fused-ring (bicyclic) bond motifs is 1. The lowest BCUT2D eigenvalue weighted by atomic mass is 10.1. The van der Waals surface area contributed by atoms with Crippen molar-refractivity contribution in [1.82, 2.24) is 19.7 Å². The number of nitrogens with one attached hydrogen (secondary N) is 2. The van der Waals surface area contributed by atoms with Crippen LogP contribution in [-0.2, 0) is 11.3 Å². The van der Waals surface area contributed by atoms with Gasteiger partial charge in [-0.2, -0.15) is 10.1 Å². The van der Waals surface area contributed by atoms with Crippen LogP contribution in [-0.4, -0.2) is 43.5 Å². The maximum Gasteiger partial charge on any atom is 0.308 e. The van der Waals surface area contributed by atoms with Gasteiger partial charge in [-0.05, 0) is 44.4 Å². The molecule has 0 bridgehead atoms. The zero-order chi connectivity index (χ0) is 23.4. The summed E-state index contributed by atoms with van der Waals surface area (Å²) in [5.41, 5.74) is 3.45. The minimum absolute atomic E-state index is 0.111. The maximum absolute atomic E-state index is 11.3. The fourth-order valence-corrected chi connectivity index (χ4v) is 3.48. The smallest absolute Gasteiger partial charge is 0.308 e. The summed E-state index contributed by atoms with van der Waals surface area (Å²) in [4.78, 5) is 16.0. The van der Waals surface area contributed by atoms with Crippen molar-refractivity contribution >= 4 is 17.7 Å². The summed E-state index contributed by atoms with van der Waals surface area (Å²) in [5, 5.41) is 25.3. The lowest BCUT2D eigenvalue weighted by Gasteiger charge is -2.24. The molecule has 1 aromatic rings. The third kappa shape index (κ3) is 5.34. The molecule has 0 fully saturated rings. The highest BCUT2D eigenvalue weighted by Crippen LogP contribution is 2.37. The van der Waals surface area contributed by atoms with Gasteiger partial charge in [0.15, 0.2) is 11.5 Å². The summed E-state index contributed by atoms with van der Waals surface area (Å²) in [6, 6.07) is 7.44. The Morgan fingerprint density at radius 1 is 1.16 bits per heavy atom. The number of ether oxygens (including phenoxy) is 1. The molecule has 0 radical (unpaired) electrons. The summed E-state index contributed by atoms with van der Waals surface area (Å²) in [6.07, 6.45) is -0.519. The minimum Gasteiger partial charge on any atom is -0.427 e. The van der Waals surface area contributed by atoms with Crippen LogP contribution < -0.4 is 15.4 Å². The van der Waals surface area contributed by atoms with E-state index >= 15 is 0 Å². The molecule has 9 heteroatoms. The van der Waals surface area contributed by atoms with Gasteiger partial charge in [-0.3, -0.25) is 4.79 Å². The normalized spacial score (nSPS) is 12.4. The highest BCUT2D eigenvalue weighted by atomic mass is 16.5. The van der Waals surface area contributed by atoms with E-state index in [0.717, 1.165) is 17.0 Å². The van der Waals surface area contributed by atoms with E-state index in [1.54, 1.807) is 13.0 Å². The van der Waals surface area contributed by atoms with Gasteiger partial charge in [0, 0.05) is 26.1 Å². The second-order valence-corrected chi connectivity index (χ2v) is 8.51. The molecule has 3 N–H and O–H groups in total. The molecule has 9 nitrogen and oxygen atoms in total. The van der Waals surface area contributed by atoms with E-state index in [1.165, 1.54) is 6.92 Å². The first-order chi connectivity index (χ1) is 15.2. The van der Waals surface area contributed by atoms with Crippen LogP contribution in [0.15, 0.2) is 24.3 Å². The van der Waals surface area contributed by atoms with E-state index in [1.807, 2.05) is 18.2 Å². The largest absolute Gasteiger partial charge is 0.427 e. The highest BCUT2D eigenvalue weighted by Gasteiger charge is 2.27. The van der Waals surface area contributed by atoms with E-state index < -0.39 is 6.10 Å². The Hall–Kier alpha value is -3.20. The molecule has 172 valence electrons. The number of benzene rings is 1. The van der Waals surface area contributed by atoms with Gasteiger partial charge in [0.25, 0.3) is 0 Å². The Morgan fingerprint density at radius 3 is 2.53 bits per heavy atom. The van der Waals surface area contributed by atoms with Crippen molar-refractivity contribution in [2.24, 2.45) is 0 Å².